The van der Waals surface area contributed by atoms with Crippen molar-refractivity contribution >= 4 is 5.97 Å². The second-order valence-electron chi connectivity index (χ2n) is 10.5. The lowest BCUT2D eigenvalue weighted by Crippen LogP contribution is -2.32. The Morgan fingerprint density at radius 2 is 1.41 bits per heavy atom. The fraction of sp³-hybridized carbons (Fsp3) is 0.741. The zero-order valence-corrected chi connectivity index (χ0v) is 19.6. The van der Waals surface area contributed by atoms with E-state index in [0.717, 1.165) is 43.4 Å². The van der Waals surface area contributed by atoms with Crippen LogP contribution >= 0.6 is 0 Å². The van der Waals surface area contributed by atoms with Crippen molar-refractivity contribution in [2.75, 3.05) is 7.11 Å². The first kappa shape index (κ1) is 23.5. The van der Waals surface area contributed by atoms with Crippen LogP contribution in [0.3, 0.4) is 0 Å². The fourth-order valence-electron chi connectivity index (χ4n) is 6.36. The summed E-state index contributed by atoms with van der Waals surface area (Å²) in [6, 6.07) is 3.11. The molecule has 0 spiro atoms. The molecule has 4 rings (SSSR count). The van der Waals surface area contributed by atoms with Gasteiger partial charge in [0, 0.05) is 0 Å². The topological polar surface area (TPSA) is 35.5 Å². The van der Waals surface area contributed by atoms with Crippen molar-refractivity contribution in [2.24, 2.45) is 23.7 Å². The minimum atomic E-state index is -0.920. The van der Waals surface area contributed by atoms with Gasteiger partial charge in [-0.1, -0.05) is 25.8 Å². The number of ether oxygens (including phenoxy) is 2. The molecule has 178 valence electrons. The fourth-order valence-corrected chi connectivity index (χ4v) is 6.36. The lowest BCUT2D eigenvalue weighted by Gasteiger charge is -2.37. The van der Waals surface area contributed by atoms with Gasteiger partial charge in [0.1, 0.15) is 6.10 Å². The van der Waals surface area contributed by atoms with Gasteiger partial charge in [-0.3, -0.25) is 4.79 Å². The highest BCUT2D eigenvalue weighted by Crippen LogP contribution is 2.42. The summed E-state index contributed by atoms with van der Waals surface area (Å²) >= 11 is 0. The van der Waals surface area contributed by atoms with Crippen LogP contribution in [0, 0.1) is 35.3 Å². The van der Waals surface area contributed by atoms with Gasteiger partial charge >= 0.3 is 5.97 Å². The van der Waals surface area contributed by atoms with Crippen LogP contribution in [0.25, 0.3) is 0 Å². The predicted molar refractivity (Wildman–Crippen MR) is 121 cm³/mol. The first-order valence-electron chi connectivity index (χ1n) is 12.7. The largest absolute Gasteiger partial charge is 0.494 e. The average Bonchev–Trinajstić information content (AvgIpc) is 2.82. The molecule has 3 saturated carbocycles. The number of methoxy groups -OCH3 is 1. The Labute approximate surface area is 191 Å². The van der Waals surface area contributed by atoms with Crippen molar-refractivity contribution in [3.63, 3.8) is 0 Å². The maximum atomic E-state index is 14.4. The van der Waals surface area contributed by atoms with Gasteiger partial charge in [-0.2, -0.15) is 4.39 Å². The zero-order valence-electron chi connectivity index (χ0n) is 19.6. The molecule has 0 radical (unpaired) electrons. The second-order valence-corrected chi connectivity index (χ2v) is 10.5. The summed E-state index contributed by atoms with van der Waals surface area (Å²) in [5, 5.41) is 0. The molecule has 3 aliphatic carbocycles. The highest BCUT2D eigenvalue weighted by Gasteiger charge is 2.34. The Balaban J connectivity index is 1.22. The van der Waals surface area contributed by atoms with Gasteiger partial charge in [0.2, 0.25) is 5.82 Å². The molecule has 3 aliphatic rings. The monoisotopic (exact) mass is 448 g/mol. The molecule has 0 saturated heterocycles. The molecule has 0 unspecified atom stereocenters. The molecule has 0 N–H and O–H groups in total. The van der Waals surface area contributed by atoms with Crippen LogP contribution in [-0.2, 0) is 9.53 Å². The highest BCUT2D eigenvalue weighted by molar-refractivity contribution is 5.72. The van der Waals surface area contributed by atoms with Crippen molar-refractivity contribution in [1.82, 2.24) is 0 Å². The number of rotatable bonds is 5. The van der Waals surface area contributed by atoms with E-state index in [1.54, 1.807) is 6.07 Å². The zero-order chi connectivity index (χ0) is 22.7. The Morgan fingerprint density at radius 3 is 2.00 bits per heavy atom. The van der Waals surface area contributed by atoms with Crippen molar-refractivity contribution < 1.29 is 23.0 Å². The first-order chi connectivity index (χ1) is 15.5. The van der Waals surface area contributed by atoms with Gasteiger partial charge < -0.3 is 9.47 Å². The molecule has 3 fully saturated rings. The lowest BCUT2D eigenvalue weighted by atomic mass is 9.69. The van der Waals surface area contributed by atoms with Gasteiger partial charge in [-0.25, -0.2) is 4.39 Å². The molecular weight excluding hydrogens is 410 g/mol. The molecule has 0 heterocycles. The third kappa shape index (κ3) is 5.28. The number of halogens is 2. The number of hydrogen-bond acceptors (Lipinski definition) is 3. The maximum absolute atomic E-state index is 14.4. The average molecular weight is 449 g/mol. The van der Waals surface area contributed by atoms with Crippen LogP contribution in [0.4, 0.5) is 8.78 Å². The summed E-state index contributed by atoms with van der Waals surface area (Å²) in [5.74, 6) is 0.702. The van der Waals surface area contributed by atoms with E-state index in [1.807, 2.05) is 0 Å². The summed E-state index contributed by atoms with van der Waals surface area (Å²) in [6.07, 6.45) is 12.4. The number of benzene rings is 1. The molecule has 32 heavy (non-hydrogen) atoms. The molecule has 0 aromatic heterocycles. The van der Waals surface area contributed by atoms with Gasteiger partial charge in [0.15, 0.2) is 11.6 Å². The Bertz CT molecular complexity index is 771. The van der Waals surface area contributed by atoms with Gasteiger partial charge in [0.05, 0.1) is 13.0 Å². The minimum Gasteiger partial charge on any atom is -0.494 e. The molecule has 0 amide bonds. The van der Waals surface area contributed by atoms with E-state index in [0.29, 0.717) is 31.2 Å². The number of esters is 1. The van der Waals surface area contributed by atoms with Crippen LogP contribution in [0.1, 0.15) is 95.5 Å². The molecule has 0 atom stereocenters. The van der Waals surface area contributed by atoms with E-state index in [4.69, 9.17) is 9.47 Å². The smallest absolute Gasteiger partial charge is 0.309 e. The van der Waals surface area contributed by atoms with E-state index >= 15 is 0 Å². The van der Waals surface area contributed by atoms with Crippen molar-refractivity contribution in [3.8, 4) is 5.75 Å². The lowest BCUT2D eigenvalue weighted by molar-refractivity contribution is -0.157. The summed E-state index contributed by atoms with van der Waals surface area (Å²) in [4.78, 5) is 12.8. The van der Waals surface area contributed by atoms with Gasteiger partial charge in [0.25, 0.3) is 0 Å². The SMILES string of the molecule is COc1ccc(C2CCC(OC(=O)C3CCC(C4CCC(C)CC4)CC3)CC2)c(F)c1F. The summed E-state index contributed by atoms with van der Waals surface area (Å²) in [6.45, 7) is 2.36. The van der Waals surface area contributed by atoms with Crippen molar-refractivity contribution in [3.05, 3.63) is 29.3 Å². The van der Waals surface area contributed by atoms with Gasteiger partial charge in [-0.15, -0.1) is 0 Å². The van der Waals surface area contributed by atoms with Gasteiger partial charge in [-0.05, 0) is 99.5 Å². The van der Waals surface area contributed by atoms with Crippen LogP contribution in [0.2, 0.25) is 0 Å². The standard InChI is InChI=1S/C27H38F2O3/c1-17-3-5-18(6-4-17)19-7-9-21(10-8-19)27(30)32-22-13-11-20(12-14-22)23-15-16-24(31-2)26(29)25(23)28/h15-22H,3-14H2,1-2H3. The molecule has 1 aromatic carbocycles. The molecular formula is C27H38F2O3. The van der Waals surface area contributed by atoms with Crippen molar-refractivity contribution in [1.29, 1.82) is 0 Å². The quantitative estimate of drug-likeness (QED) is 0.448. The predicted octanol–water partition coefficient (Wildman–Crippen LogP) is 7.18. The maximum Gasteiger partial charge on any atom is 0.309 e. The van der Waals surface area contributed by atoms with E-state index in [1.165, 1.54) is 38.9 Å². The molecule has 5 heteroatoms. The highest BCUT2D eigenvalue weighted by atomic mass is 19.2. The molecule has 3 nitrogen and oxygen atoms in total. The Hall–Kier alpha value is -1.65. The number of hydrogen-bond donors (Lipinski definition) is 0. The van der Waals surface area contributed by atoms with Crippen molar-refractivity contribution in [2.45, 2.75) is 96.0 Å². The van der Waals surface area contributed by atoms with E-state index in [2.05, 4.69) is 6.92 Å². The molecule has 0 bridgehead atoms. The van der Waals surface area contributed by atoms with Crippen LogP contribution in [0.5, 0.6) is 5.75 Å². The number of carbonyl (C=O) groups is 1. The van der Waals surface area contributed by atoms with Crippen LogP contribution in [-0.4, -0.2) is 19.2 Å². The summed E-state index contributed by atoms with van der Waals surface area (Å²) in [5.41, 5.74) is 0.406. The first-order valence-corrected chi connectivity index (χ1v) is 12.7. The number of carbonyl (C=O) groups excluding carboxylic acids is 1. The molecule has 0 aliphatic heterocycles. The minimum absolute atomic E-state index is 0.0363. The summed E-state index contributed by atoms with van der Waals surface area (Å²) < 4.78 is 39.2. The normalized spacial score (nSPS) is 33.5. The Kier molecular flexibility index (Phi) is 7.73. The van der Waals surface area contributed by atoms with E-state index < -0.39 is 11.6 Å². The summed E-state index contributed by atoms with van der Waals surface area (Å²) in [7, 11) is 1.33. The van der Waals surface area contributed by atoms with Crippen LogP contribution in [0.15, 0.2) is 12.1 Å². The van der Waals surface area contributed by atoms with E-state index in [-0.39, 0.29) is 29.7 Å². The second kappa shape index (κ2) is 10.5. The third-order valence-corrected chi connectivity index (χ3v) is 8.53. The Morgan fingerprint density at radius 1 is 0.812 bits per heavy atom. The molecule has 1 aromatic rings. The van der Waals surface area contributed by atoms with E-state index in [9.17, 15) is 13.6 Å². The third-order valence-electron chi connectivity index (χ3n) is 8.53. The van der Waals surface area contributed by atoms with Crippen LogP contribution < -0.4 is 4.74 Å².